The number of rotatable bonds is 3. The molecule has 0 fully saturated rings. The average Bonchev–Trinajstić information content (AvgIpc) is 2.28. The molecule has 1 rings (SSSR count). The van der Waals surface area contributed by atoms with Crippen LogP contribution in [0.25, 0.3) is 0 Å². The van der Waals surface area contributed by atoms with Crippen LogP contribution >= 0.6 is 34.8 Å². The number of hydrogen-bond acceptors (Lipinski definition) is 3. The molecule has 88 valence electrons. The summed E-state index contributed by atoms with van der Waals surface area (Å²) in [5.74, 6) is -0.663. The van der Waals surface area contributed by atoms with Crippen molar-refractivity contribution >= 4 is 46.3 Å². The monoisotopic (exact) mass is 288 g/mol. The molecule has 0 aliphatic heterocycles. The Morgan fingerprint density at radius 2 is 2.00 bits per heavy atom. The Morgan fingerprint density at radius 1 is 1.35 bits per heavy atom. The fourth-order valence-electron chi connectivity index (χ4n) is 1.01. The second-order valence-corrected chi connectivity index (χ2v) is 5.28. The number of para-hydroxylation sites is 1. The van der Waals surface area contributed by atoms with E-state index in [-0.39, 0.29) is 0 Å². The number of carbonyl (C=O) groups excluding carboxylic acids is 1. The highest BCUT2D eigenvalue weighted by molar-refractivity contribution is 6.77. The molecule has 0 saturated carbocycles. The molecule has 1 N–H and O–H groups in total. The van der Waals surface area contributed by atoms with Crippen molar-refractivity contribution < 1.29 is 4.79 Å². The molecule has 0 aliphatic carbocycles. The van der Waals surface area contributed by atoms with E-state index in [2.05, 4.69) is 5.32 Å². The zero-order valence-corrected chi connectivity index (χ0v) is 10.7. The van der Waals surface area contributed by atoms with Crippen LogP contribution in [0.5, 0.6) is 0 Å². The van der Waals surface area contributed by atoms with Crippen molar-refractivity contribution in [1.82, 2.24) is 0 Å². The molecule has 0 spiro atoms. The van der Waals surface area contributed by atoms with Gasteiger partial charge < -0.3 is 5.32 Å². The van der Waals surface area contributed by atoms with Crippen LogP contribution in [-0.4, -0.2) is 9.58 Å². The molecule has 0 heterocycles. The third kappa shape index (κ3) is 4.27. The Balaban J connectivity index is 2.72. The SMILES string of the molecule is N#Cc1ccccc1N/C=C\C(=O)C(Cl)(Cl)Cl. The maximum atomic E-state index is 11.2. The first kappa shape index (κ1) is 13.9. The third-order valence-electron chi connectivity index (χ3n) is 1.80. The van der Waals surface area contributed by atoms with Crippen LogP contribution < -0.4 is 5.32 Å². The van der Waals surface area contributed by atoms with Gasteiger partial charge in [-0.05, 0) is 12.1 Å². The van der Waals surface area contributed by atoms with Gasteiger partial charge in [-0.1, -0.05) is 46.9 Å². The van der Waals surface area contributed by atoms with E-state index >= 15 is 0 Å². The van der Waals surface area contributed by atoms with Gasteiger partial charge in [0.1, 0.15) is 6.07 Å². The molecule has 0 radical (unpaired) electrons. The van der Waals surface area contributed by atoms with Gasteiger partial charge in [0, 0.05) is 12.3 Å². The number of anilines is 1. The Labute approximate surface area is 114 Å². The molecule has 0 bridgehead atoms. The molecule has 1 aromatic rings. The van der Waals surface area contributed by atoms with E-state index in [0.717, 1.165) is 6.08 Å². The van der Waals surface area contributed by atoms with Gasteiger partial charge >= 0.3 is 0 Å². The normalized spacial score (nSPS) is 11.2. The number of halogens is 3. The molecule has 6 heteroatoms. The maximum absolute atomic E-state index is 11.2. The van der Waals surface area contributed by atoms with Crippen molar-refractivity contribution in [2.24, 2.45) is 0 Å². The molecular weight excluding hydrogens is 282 g/mol. The summed E-state index contributed by atoms with van der Waals surface area (Å²) in [6, 6.07) is 8.84. The number of ketones is 1. The summed E-state index contributed by atoms with van der Waals surface area (Å²) >= 11 is 16.1. The Bertz CT molecular complexity index is 486. The Morgan fingerprint density at radius 3 is 2.59 bits per heavy atom. The van der Waals surface area contributed by atoms with Crippen molar-refractivity contribution in [2.75, 3.05) is 5.32 Å². The standard InChI is InChI=1S/C11H7Cl3N2O/c12-11(13,14)10(17)5-6-16-9-4-2-1-3-8(9)7-15/h1-6,16H/b6-5-. The third-order valence-corrected chi connectivity index (χ3v) is 2.36. The fraction of sp³-hybridized carbons (Fsp3) is 0.0909. The summed E-state index contributed by atoms with van der Waals surface area (Å²) in [4.78, 5) is 11.2. The van der Waals surface area contributed by atoms with E-state index in [0.29, 0.717) is 11.3 Å². The summed E-state index contributed by atoms with van der Waals surface area (Å²) < 4.78 is -1.97. The number of allylic oxidation sites excluding steroid dienone is 1. The van der Waals surface area contributed by atoms with Gasteiger partial charge in [-0.15, -0.1) is 0 Å². The predicted octanol–water partition coefficient (Wildman–Crippen LogP) is 3.42. The number of nitrogens with zero attached hydrogens (tertiary/aromatic N) is 1. The van der Waals surface area contributed by atoms with Crippen LogP contribution in [0.2, 0.25) is 0 Å². The van der Waals surface area contributed by atoms with Crippen LogP contribution in [-0.2, 0) is 4.79 Å². The topological polar surface area (TPSA) is 52.9 Å². The Kier molecular flexibility index (Phi) is 4.83. The first-order chi connectivity index (χ1) is 7.95. The van der Waals surface area contributed by atoms with Gasteiger partial charge in [0.2, 0.25) is 5.78 Å². The van der Waals surface area contributed by atoms with Gasteiger partial charge in [-0.3, -0.25) is 4.79 Å². The molecule has 0 saturated heterocycles. The van der Waals surface area contributed by atoms with Gasteiger partial charge in [0.15, 0.2) is 0 Å². The zero-order valence-electron chi connectivity index (χ0n) is 8.45. The lowest BCUT2D eigenvalue weighted by atomic mass is 10.2. The van der Waals surface area contributed by atoms with Crippen molar-refractivity contribution in [3.63, 3.8) is 0 Å². The lowest BCUT2D eigenvalue weighted by molar-refractivity contribution is -0.113. The van der Waals surface area contributed by atoms with E-state index < -0.39 is 9.58 Å². The molecule has 0 aliphatic rings. The van der Waals surface area contributed by atoms with Crippen molar-refractivity contribution in [3.8, 4) is 6.07 Å². The van der Waals surface area contributed by atoms with Crippen LogP contribution in [0.3, 0.4) is 0 Å². The van der Waals surface area contributed by atoms with Crippen molar-refractivity contribution in [2.45, 2.75) is 3.79 Å². The molecule has 0 aromatic heterocycles. The first-order valence-electron chi connectivity index (χ1n) is 4.48. The zero-order chi connectivity index (χ0) is 12.9. The maximum Gasteiger partial charge on any atom is 0.252 e. The number of nitriles is 1. The lowest BCUT2D eigenvalue weighted by Gasteiger charge is -2.05. The number of alkyl halides is 3. The van der Waals surface area contributed by atoms with Crippen LogP contribution in [0, 0.1) is 11.3 Å². The highest BCUT2D eigenvalue weighted by Crippen LogP contribution is 2.27. The van der Waals surface area contributed by atoms with E-state index in [1.807, 2.05) is 6.07 Å². The highest BCUT2D eigenvalue weighted by Gasteiger charge is 2.27. The second-order valence-electron chi connectivity index (χ2n) is 3.00. The van der Waals surface area contributed by atoms with Crippen LogP contribution in [0.1, 0.15) is 5.56 Å². The van der Waals surface area contributed by atoms with Crippen molar-refractivity contribution in [1.29, 1.82) is 5.26 Å². The summed E-state index contributed by atoms with van der Waals surface area (Å²) in [5.41, 5.74) is 1.03. The van der Waals surface area contributed by atoms with E-state index in [4.69, 9.17) is 40.1 Å². The summed E-state index contributed by atoms with van der Waals surface area (Å²) in [7, 11) is 0. The summed E-state index contributed by atoms with van der Waals surface area (Å²) in [6.45, 7) is 0. The van der Waals surface area contributed by atoms with E-state index in [1.165, 1.54) is 6.20 Å². The summed E-state index contributed by atoms with van der Waals surface area (Å²) in [5, 5.41) is 11.6. The lowest BCUT2D eigenvalue weighted by Crippen LogP contribution is -2.15. The quantitative estimate of drug-likeness (QED) is 0.685. The van der Waals surface area contributed by atoms with E-state index in [1.54, 1.807) is 24.3 Å². The number of carbonyl (C=O) groups is 1. The van der Waals surface area contributed by atoms with Crippen LogP contribution in [0.15, 0.2) is 36.5 Å². The largest absolute Gasteiger partial charge is 0.360 e. The van der Waals surface area contributed by atoms with Gasteiger partial charge in [-0.2, -0.15) is 5.26 Å². The highest BCUT2D eigenvalue weighted by atomic mass is 35.6. The molecule has 0 amide bonds. The van der Waals surface area contributed by atoms with E-state index in [9.17, 15) is 4.79 Å². The predicted molar refractivity (Wildman–Crippen MR) is 69.2 cm³/mol. The minimum Gasteiger partial charge on any atom is -0.360 e. The average molecular weight is 290 g/mol. The number of benzene rings is 1. The minimum absolute atomic E-state index is 0.457. The minimum atomic E-state index is -1.97. The molecule has 17 heavy (non-hydrogen) atoms. The second kappa shape index (κ2) is 5.92. The molecular formula is C11H7Cl3N2O. The van der Waals surface area contributed by atoms with Crippen LogP contribution in [0.4, 0.5) is 5.69 Å². The summed E-state index contributed by atoms with van der Waals surface area (Å²) in [6.07, 6.45) is 2.42. The first-order valence-corrected chi connectivity index (χ1v) is 5.62. The number of nitrogens with one attached hydrogen (secondary N) is 1. The van der Waals surface area contributed by atoms with Crippen molar-refractivity contribution in [3.05, 3.63) is 42.1 Å². The Hall–Kier alpha value is -1.21. The molecule has 0 atom stereocenters. The molecule has 3 nitrogen and oxygen atoms in total. The number of hydrogen-bond donors (Lipinski definition) is 1. The van der Waals surface area contributed by atoms with Gasteiger partial charge in [0.25, 0.3) is 3.79 Å². The molecule has 0 unspecified atom stereocenters. The molecule has 1 aromatic carbocycles. The fourth-order valence-corrected chi connectivity index (χ4v) is 1.20. The van der Waals surface area contributed by atoms with Gasteiger partial charge in [0.05, 0.1) is 11.3 Å². The smallest absolute Gasteiger partial charge is 0.252 e. The van der Waals surface area contributed by atoms with Gasteiger partial charge in [-0.25, -0.2) is 0 Å².